The van der Waals surface area contributed by atoms with E-state index in [-0.39, 0.29) is 17.7 Å². The summed E-state index contributed by atoms with van der Waals surface area (Å²) in [5.41, 5.74) is 0.354. The van der Waals surface area contributed by atoms with E-state index < -0.39 is 0 Å². The molecule has 0 aromatic carbocycles. The molecule has 1 N–H and O–H groups in total. The second-order valence-electron chi connectivity index (χ2n) is 4.48. The Morgan fingerprint density at radius 3 is 2.94 bits per heavy atom. The second kappa shape index (κ2) is 5.58. The first-order valence-corrected chi connectivity index (χ1v) is 6.20. The van der Waals surface area contributed by atoms with Crippen molar-refractivity contribution in [3.05, 3.63) is 17.3 Å². The fourth-order valence-corrected chi connectivity index (χ4v) is 1.94. The zero-order valence-electron chi connectivity index (χ0n) is 11.0. The van der Waals surface area contributed by atoms with Gasteiger partial charge in [0.25, 0.3) is 0 Å². The molecule has 1 saturated heterocycles. The van der Waals surface area contributed by atoms with Crippen molar-refractivity contribution in [1.29, 1.82) is 0 Å². The van der Waals surface area contributed by atoms with Crippen molar-refractivity contribution < 1.29 is 9.13 Å². The minimum atomic E-state index is -0.384. The highest BCUT2D eigenvalue weighted by molar-refractivity contribution is 5.38. The molecule has 1 aromatic heterocycles. The first-order chi connectivity index (χ1) is 8.61. The quantitative estimate of drug-likeness (QED) is 0.882. The number of anilines is 1. The van der Waals surface area contributed by atoms with Gasteiger partial charge in [-0.15, -0.1) is 0 Å². The van der Waals surface area contributed by atoms with Gasteiger partial charge in [0.15, 0.2) is 17.5 Å². The van der Waals surface area contributed by atoms with Crippen LogP contribution in [0.3, 0.4) is 0 Å². The van der Waals surface area contributed by atoms with Crippen LogP contribution in [-0.4, -0.2) is 48.2 Å². The molecule has 6 heteroatoms. The van der Waals surface area contributed by atoms with E-state index in [1.165, 1.54) is 0 Å². The number of aromatic nitrogens is 2. The minimum absolute atomic E-state index is 0.180. The molecular formula is C12H19FN4O. The van der Waals surface area contributed by atoms with Crippen LogP contribution in [0.2, 0.25) is 0 Å². The van der Waals surface area contributed by atoms with Crippen LogP contribution in [0.1, 0.15) is 24.5 Å². The summed E-state index contributed by atoms with van der Waals surface area (Å²) in [6.07, 6.45) is -0.180. The predicted molar refractivity (Wildman–Crippen MR) is 67.1 cm³/mol. The molecule has 1 aromatic rings. The summed E-state index contributed by atoms with van der Waals surface area (Å²) in [4.78, 5) is 10.6. The third-order valence-corrected chi connectivity index (χ3v) is 2.94. The van der Waals surface area contributed by atoms with E-state index in [4.69, 9.17) is 4.74 Å². The average Bonchev–Trinajstić information content (AvgIpc) is 2.35. The van der Waals surface area contributed by atoms with Crippen molar-refractivity contribution in [2.45, 2.75) is 20.0 Å². The molecule has 1 unspecified atom stereocenters. The lowest BCUT2D eigenvalue weighted by Crippen LogP contribution is -2.36. The SMILES string of the molecule is CCNc1nc(C2CN(C)CCO2)nc(C)c1F. The molecule has 1 aliphatic rings. The smallest absolute Gasteiger partial charge is 0.186 e. The second-order valence-corrected chi connectivity index (χ2v) is 4.48. The normalized spacial score (nSPS) is 21.0. The van der Waals surface area contributed by atoms with Gasteiger partial charge in [-0.3, -0.25) is 0 Å². The Morgan fingerprint density at radius 1 is 1.50 bits per heavy atom. The first-order valence-electron chi connectivity index (χ1n) is 6.20. The number of ether oxygens (including phenoxy) is 1. The zero-order chi connectivity index (χ0) is 13.1. The highest BCUT2D eigenvalue weighted by Crippen LogP contribution is 2.22. The number of morpholine rings is 1. The lowest BCUT2D eigenvalue weighted by Gasteiger charge is -2.29. The molecule has 18 heavy (non-hydrogen) atoms. The fraction of sp³-hybridized carbons (Fsp3) is 0.667. The third-order valence-electron chi connectivity index (χ3n) is 2.94. The summed E-state index contributed by atoms with van der Waals surface area (Å²) < 4.78 is 19.4. The van der Waals surface area contributed by atoms with Gasteiger partial charge in [-0.1, -0.05) is 0 Å². The molecule has 0 amide bonds. The largest absolute Gasteiger partial charge is 0.368 e. The van der Waals surface area contributed by atoms with Crippen LogP contribution in [0.25, 0.3) is 0 Å². The Morgan fingerprint density at radius 2 is 2.28 bits per heavy atom. The lowest BCUT2D eigenvalue weighted by molar-refractivity contribution is -0.0255. The van der Waals surface area contributed by atoms with Crippen LogP contribution in [0.15, 0.2) is 0 Å². The van der Waals surface area contributed by atoms with Crippen LogP contribution in [0.5, 0.6) is 0 Å². The lowest BCUT2D eigenvalue weighted by atomic mass is 10.2. The van der Waals surface area contributed by atoms with Gasteiger partial charge in [0.2, 0.25) is 0 Å². The Balaban J connectivity index is 2.27. The van der Waals surface area contributed by atoms with Crippen molar-refractivity contribution in [3.63, 3.8) is 0 Å². The Hall–Kier alpha value is -1.27. The van der Waals surface area contributed by atoms with Crippen LogP contribution in [0, 0.1) is 12.7 Å². The topological polar surface area (TPSA) is 50.3 Å². The van der Waals surface area contributed by atoms with Gasteiger partial charge in [0, 0.05) is 19.6 Å². The van der Waals surface area contributed by atoms with Crippen molar-refractivity contribution in [2.75, 3.05) is 38.6 Å². The zero-order valence-corrected chi connectivity index (χ0v) is 11.0. The molecule has 2 rings (SSSR count). The summed E-state index contributed by atoms with van der Waals surface area (Å²) in [5.74, 6) is 0.429. The highest BCUT2D eigenvalue weighted by Gasteiger charge is 2.24. The summed E-state index contributed by atoms with van der Waals surface area (Å²) in [5, 5.41) is 2.91. The number of hydrogen-bond donors (Lipinski definition) is 1. The molecule has 0 aliphatic carbocycles. The molecular weight excluding hydrogens is 235 g/mol. The molecule has 5 nitrogen and oxygen atoms in total. The molecule has 100 valence electrons. The van der Waals surface area contributed by atoms with E-state index in [0.717, 1.165) is 13.1 Å². The minimum Gasteiger partial charge on any atom is -0.368 e. The number of nitrogens with one attached hydrogen (secondary N) is 1. The molecule has 1 aliphatic heterocycles. The van der Waals surface area contributed by atoms with E-state index in [0.29, 0.717) is 24.7 Å². The van der Waals surface area contributed by atoms with Crippen molar-refractivity contribution in [3.8, 4) is 0 Å². The van der Waals surface area contributed by atoms with E-state index in [9.17, 15) is 4.39 Å². The molecule has 0 saturated carbocycles. The van der Waals surface area contributed by atoms with Crippen molar-refractivity contribution >= 4 is 5.82 Å². The number of hydrogen-bond acceptors (Lipinski definition) is 5. The maximum atomic E-state index is 13.8. The van der Waals surface area contributed by atoms with E-state index >= 15 is 0 Å². The van der Waals surface area contributed by atoms with E-state index in [1.807, 2.05) is 14.0 Å². The standard InChI is InChI=1S/C12H19FN4O/c1-4-14-12-10(13)8(2)15-11(16-12)9-7-17(3)5-6-18-9/h9H,4-7H2,1-3H3,(H,14,15,16). The van der Waals surface area contributed by atoms with Crippen molar-refractivity contribution in [2.24, 2.45) is 0 Å². The Bertz CT molecular complexity index is 427. The number of likely N-dealkylation sites (N-methyl/N-ethyl adjacent to an activating group) is 1. The molecule has 0 spiro atoms. The van der Waals surface area contributed by atoms with Crippen LogP contribution in [-0.2, 0) is 4.74 Å². The number of nitrogens with zero attached hydrogens (tertiary/aromatic N) is 3. The highest BCUT2D eigenvalue weighted by atomic mass is 19.1. The number of halogens is 1. The monoisotopic (exact) mass is 254 g/mol. The maximum Gasteiger partial charge on any atom is 0.186 e. The molecule has 1 fully saturated rings. The van der Waals surface area contributed by atoms with Crippen molar-refractivity contribution in [1.82, 2.24) is 14.9 Å². The Kier molecular flexibility index (Phi) is 4.08. The van der Waals surface area contributed by atoms with Crippen LogP contribution >= 0.6 is 0 Å². The molecule has 0 radical (unpaired) electrons. The van der Waals surface area contributed by atoms with Gasteiger partial charge in [0.05, 0.1) is 12.3 Å². The number of aryl methyl sites for hydroxylation is 1. The number of rotatable bonds is 3. The summed E-state index contributed by atoms with van der Waals surface area (Å²) in [6.45, 7) is 6.46. The first kappa shape index (κ1) is 13.2. The van der Waals surface area contributed by atoms with E-state index in [2.05, 4.69) is 20.2 Å². The summed E-state index contributed by atoms with van der Waals surface area (Å²) >= 11 is 0. The van der Waals surface area contributed by atoms with Crippen LogP contribution < -0.4 is 5.32 Å². The fourth-order valence-electron chi connectivity index (χ4n) is 1.94. The van der Waals surface area contributed by atoms with Gasteiger partial charge >= 0.3 is 0 Å². The maximum absolute atomic E-state index is 13.8. The van der Waals surface area contributed by atoms with E-state index in [1.54, 1.807) is 6.92 Å². The van der Waals surface area contributed by atoms with Gasteiger partial charge in [-0.2, -0.15) is 0 Å². The summed E-state index contributed by atoms with van der Waals surface area (Å²) in [7, 11) is 2.02. The predicted octanol–water partition coefficient (Wildman–Crippen LogP) is 1.36. The molecule has 0 bridgehead atoms. The summed E-state index contributed by atoms with van der Waals surface area (Å²) in [6, 6.07) is 0. The van der Waals surface area contributed by atoms with Gasteiger partial charge in [0.1, 0.15) is 6.10 Å². The van der Waals surface area contributed by atoms with Gasteiger partial charge in [-0.25, -0.2) is 14.4 Å². The third kappa shape index (κ3) is 2.76. The molecule has 1 atom stereocenters. The van der Waals surface area contributed by atoms with Gasteiger partial charge in [-0.05, 0) is 20.9 Å². The Labute approximate surface area is 106 Å². The van der Waals surface area contributed by atoms with Gasteiger partial charge < -0.3 is 15.0 Å². The molecule has 2 heterocycles. The average molecular weight is 254 g/mol. The van der Waals surface area contributed by atoms with Crippen LogP contribution in [0.4, 0.5) is 10.2 Å².